The molecule has 1 fully saturated rings. The standard InChI is InChI=1S/C14H16Cl2O2/c1-18-14-11(15)7-10(8-12(14)16)13(17)9-5-3-2-4-6-9/h7-9H,2-6H2,1H3. The average molecular weight is 287 g/mol. The van der Waals surface area contributed by atoms with Crippen molar-refractivity contribution >= 4 is 29.0 Å². The summed E-state index contributed by atoms with van der Waals surface area (Å²) >= 11 is 12.1. The first kappa shape index (κ1) is 13.7. The molecule has 0 unspecified atom stereocenters. The molecule has 1 aromatic carbocycles. The Morgan fingerprint density at radius 2 is 1.72 bits per heavy atom. The van der Waals surface area contributed by atoms with Crippen LogP contribution in [-0.4, -0.2) is 12.9 Å². The van der Waals surface area contributed by atoms with Gasteiger partial charge in [0.15, 0.2) is 11.5 Å². The molecule has 2 rings (SSSR count). The summed E-state index contributed by atoms with van der Waals surface area (Å²) in [6.45, 7) is 0. The maximum absolute atomic E-state index is 12.3. The van der Waals surface area contributed by atoms with Crippen LogP contribution in [0.1, 0.15) is 42.5 Å². The number of hydrogen-bond acceptors (Lipinski definition) is 2. The lowest BCUT2D eigenvalue weighted by atomic mass is 9.84. The van der Waals surface area contributed by atoms with Gasteiger partial charge >= 0.3 is 0 Å². The lowest BCUT2D eigenvalue weighted by Crippen LogP contribution is -2.17. The summed E-state index contributed by atoms with van der Waals surface area (Å²) in [6.07, 6.45) is 5.44. The minimum Gasteiger partial charge on any atom is -0.494 e. The lowest BCUT2D eigenvalue weighted by Gasteiger charge is -2.20. The van der Waals surface area contributed by atoms with Crippen LogP contribution < -0.4 is 4.74 Å². The molecule has 0 aromatic heterocycles. The van der Waals surface area contributed by atoms with Gasteiger partial charge < -0.3 is 4.74 Å². The number of rotatable bonds is 3. The van der Waals surface area contributed by atoms with Crippen LogP contribution in [0.4, 0.5) is 0 Å². The average Bonchev–Trinajstić information content (AvgIpc) is 2.38. The molecule has 0 amide bonds. The van der Waals surface area contributed by atoms with Crippen LogP contribution in [0.5, 0.6) is 5.75 Å². The highest BCUT2D eigenvalue weighted by Gasteiger charge is 2.23. The van der Waals surface area contributed by atoms with E-state index >= 15 is 0 Å². The summed E-state index contributed by atoms with van der Waals surface area (Å²) < 4.78 is 5.08. The number of benzene rings is 1. The van der Waals surface area contributed by atoms with Crippen molar-refractivity contribution in [2.75, 3.05) is 7.11 Å². The lowest BCUT2D eigenvalue weighted by molar-refractivity contribution is 0.0889. The van der Waals surface area contributed by atoms with Crippen molar-refractivity contribution in [3.63, 3.8) is 0 Å². The molecular weight excluding hydrogens is 271 g/mol. The monoisotopic (exact) mass is 286 g/mol. The van der Waals surface area contributed by atoms with E-state index < -0.39 is 0 Å². The highest BCUT2D eigenvalue weighted by atomic mass is 35.5. The number of halogens is 2. The molecule has 1 aliphatic rings. The Bertz CT molecular complexity index is 428. The minimum absolute atomic E-state index is 0.124. The van der Waals surface area contributed by atoms with Gasteiger partial charge in [-0.05, 0) is 25.0 Å². The van der Waals surface area contributed by atoms with Crippen molar-refractivity contribution in [3.8, 4) is 5.75 Å². The minimum atomic E-state index is 0.124. The van der Waals surface area contributed by atoms with Crippen LogP contribution in [0.25, 0.3) is 0 Å². The fraction of sp³-hybridized carbons (Fsp3) is 0.500. The SMILES string of the molecule is COc1c(Cl)cc(C(=O)C2CCCCC2)cc1Cl. The van der Waals surface area contributed by atoms with Crippen LogP contribution >= 0.6 is 23.2 Å². The van der Waals surface area contributed by atoms with Crippen LogP contribution in [0.15, 0.2) is 12.1 Å². The molecule has 0 N–H and O–H groups in total. The van der Waals surface area contributed by atoms with E-state index in [2.05, 4.69) is 0 Å². The van der Waals surface area contributed by atoms with Crippen LogP contribution in [0, 0.1) is 5.92 Å². The molecule has 4 heteroatoms. The molecule has 0 bridgehead atoms. The Morgan fingerprint density at radius 1 is 1.17 bits per heavy atom. The summed E-state index contributed by atoms with van der Waals surface area (Å²) in [4.78, 5) is 12.3. The Hall–Kier alpha value is -0.730. The van der Waals surface area contributed by atoms with Crippen LogP contribution in [0.3, 0.4) is 0 Å². The Kier molecular flexibility index (Phi) is 4.52. The predicted molar refractivity (Wildman–Crippen MR) is 73.9 cm³/mol. The van der Waals surface area contributed by atoms with E-state index in [0.717, 1.165) is 25.7 Å². The summed E-state index contributed by atoms with van der Waals surface area (Å²) in [6, 6.07) is 3.31. The van der Waals surface area contributed by atoms with E-state index in [1.54, 1.807) is 12.1 Å². The van der Waals surface area contributed by atoms with E-state index in [1.165, 1.54) is 13.5 Å². The van der Waals surface area contributed by atoms with Gasteiger partial charge in [-0.25, -0.2) is 0 Å². The van der Waals surface area contributed by atoms with Crippen molar-refractivity contribution in [2.45, 2.75) is 32.1 Å². The van der Waals surface area contributed by atoms with Gasteiger partial charge in [-0.3, -0.25) is 4.79 Å². The molecule has 0 saturated heterocycles. The second-order valence-corrected chi connectivity index (χ2v) is 5.49. The molecule has 1 saturated carbocycles. The van der Waals surface area contributed by atoms with Crippen molar-refractivity contribution in [2.24, 2.45) is 5.92 Å². The third kappa shape index (κ3) is 2.81. The van der Waals surface area contributed by atoms with Gasteiger partial charge in [0, 0.05) is 11.5 Å². The number of ether oxygens (including phenoxy) is 1. The highest BCUT2D eigenvalue weighted by molar-refractivity contribution is 6.37. The third-order valence-corrected chi connectivity index (χ3v) is 4.02. The molecule has 98 valence electrons. The van der Waals surface area contributed by atoms with E-state index in [9.17, 15) is 4.79 Å². The quantitative estimate of drug-likeness (QED) is 0.749. The first-order chi connectivity index (χ1) is 8.63. The fourth-order valence-corrected chi connectivity index (χ4v) is 3.14. The first-order valence-electron chi connectivity index (χ1n) is 6.20. The molecule has 1 aliphatic carbocycles. The van der Waals surface area contributed by atoms with Gasteiger partial charge in [0.1, 0.15) is 0 Å². The van der Waals surface area contributed by atoms with Gasteiger partial charge in [0.25, 0.3) is 0 Å². The number of ketones is 1. The Morgan fingerprint density at radius 3 is 2.22 bits per heavy atom. The number of Topliss-reactive ketones (excluding diaryl/α,β-unsaturated/α-hetero) is 1. The zero-order valence-electron chi connectivity index (χ0n) is 10.3. The molecule has 0 atom stereocenters. The fourth-order valence-electron chi connectivity index (χ4n) is 2.50. The summed E-state index contributed by atoms with van der Waals surface area (Å²) in [7, 11) is 1.51. The second-order valence-electron chi connectivity index (χ2n) is 4.67. The van der Waals surface area contributed by atoms with Gasteiger partial charge in [-0.15, -0.1) is 0 Å². The molecule has 18 heavy (non-hydrogen) atoms. The van der Waals surface area contributed by atoms with Crippen molar-refractivity contribution in [1.29, 1.82) is 0 Å². The van der Waals surface area contributed by atoms with Gasteiger partial charge in [-0.2, -0.15) is 0 Å². The second kappa shape index (κ2) is 5.94. The maximum Gasteiger partial charge on any atom is 0.166 e. The third-order valence-electron chi connectivity index (χ3n) is 3.46. The molecule has 0 spiro atoms. The van der Waals surface area contributed by atoms with E-state index in [1.807, 2.05) is 0 Å². The Labute approximate surface area is 117 Å². The normalized spacial score (nSPS) is 16.6. The summed E-state index contributed by atoms with van der Waals surface area (Å²) in [5.74, 6) is 0.707. The summed E-state index contributed by atoms with van der Waals surface area (Å²) in [5, 5.41) is 0.785. The number of carbonyl (C=O) groups excluding carboxylic acids is 1. The first-order valence-corrected chi connectivity index (χ1v) is 6.96. The van der Waals surface area contributed by atoms with Crippen molar-refractivity contribution < 1.29 is 9.53 Å². The smallest absolute Gasteiger partial charge is 0.166 e. The predicted octanol–water partition coefficient (Wildman–Crippen LogP) is 4.77. The van der Waals surface area contributed by atoms with E-state index in [0.29, 0.717) is 21.4 Å². The van der Waals surface area contributed by atoms with Crippen LogP contribution in [-0.2, 0) is 0 Å². The van der Waals surface area contributed by atoms with E-state index in [-0.39, 0.29) is 11.7 Å². The molecule has 0 radical (unpaired) electrons. The molecular formula is C14H16Cl2O2. The maximum atomic E-state index is 12.3. The van der Waals surface area contributed by atoms with Gasteiger partial charge in [0.05, 0.1) is 17.2 Å². The molecule has 1 aromatic rings. The van der Waals surface area contributed by atoms with Gasteiger partial charge in [-0.1, -0.05) is 42.5 Å². The zero-order valence-corrected chi connectivity index (χ0v) is 11.9. The summed E-state index contributed by atoms with van der Waals surface area (Å²) in [5.41, 5.74) is 0.595. The highest BCUT2D eigenvalue weighted by Crippen LogP contribution is 2.35. The molecule has 0 heterocycles. The number of hydrogen-bond donors (Lipinski definition) is 0. The largest absolute Gasteiger partial charge is 0.494 e. The van der Waals surface area contributed by atoms with Crippen LogP contribution in [0.2, 0.25) is 10.0 Å². The number of methoxy groups -OCH3 is 1. The zero-order chi connectivity index (χ0) is 13.1. The number of carbonyl (C=O) groups is 1. The molecule has 0 aliphatic heterocycles. The topological polar surface area (TPSA) is 26.3 Å². The van der Waals surface area contributed by atoms with Crippen molar-refractivity contribution in [1.82, 2.24) is 0 Å². The van der Waals surface area contributed by atoms with E-state index in [4.69, 9.17) is 27.9 Å². The Balaban J connectivity index is 2.25. The molecule has 2 nitrogen and oxygen atoms in total. The van der Waals surface area contributed by atoms with Crippen molar-refractivity contribution in [3.05, 3.63) is 27.7 Å². The van der Waals surface area contributed by atoms with Gasteiger partial charge in [0.2, 0.25) is 0 Å².